The van der Waals surface area contributed by atoms with E-state index in [1.165, 1.54) is 0 Å². The smallest absolute Gasteiger partial charge is 0.229 e. The van der Waals surface area contributed by atoms with E-state index in [0.29, 0.717) is 22.4 Å². The molecule has 0 saturated carbocycles. The highest BCUT2D eigenvalue weighted by molar-refractivity contribution is 6.30. The van der Waals surface area contributed by atoms with E-state index in [9.17, 15) is 4.79 Å². The number of piperidine rings is 1. The topological polar surface area (TPSA) is 42.4 Å². The number of carbonyl (C=O) groups is 1. The lowest BCUT2D eigenvalue weighted by atomic mass is 9.66. The molecule has 0 radical (unpaired) electrons. The van der Waals surface area contributed by atoms with Gasteiger partial charge >= 0.3 is 0 Å². The molecule has 2 aromatic carbocycles. The summed E-state index contributed by atoms with van der Waals surface area (Å²) < 4.78 is 6.15. The number of pyridine rings is 1. The maximum Gasteiger partial charge on any atom is 0.229 e. The summed E-state index contributed by atoms with van der Waals surface area (Å²) in [5.41, 5.74) is 1.73. The van der Waals surface area contributed by atoms with Crippen molar-refractivity contribution in [2.24, 2.45) is 5.41 Å². The molecule has 1 aliphatic heterocycles. The largest absolute Gasteiger partial charge is 0.490 e. The molecule has 4 atom stereocenters. The van der Waals surface area contributed by atoms with Crippen LogP contribution in [0.15, 0.2) is 73.1 Å². The van der Waals surface area contributed by atoms with Gasteiger partial charge in [0.25, 0.3) is 0 Å². The molecular weight excluding hydrogens is 491 g/mol. The molecule has 0 bridgehead atoms. The zero-order chi connectivity index (χ0) is 25.7. The summed E-state index contributed by atoms with van der Waals surface area (Å²) in [6.07, 6.45) is 6.71. The minimum absolute atomic E-state index is 0.0755. The Morgan fingerprint density at radius 3 is 2.47 bits per heavy atom. The lowest BCUT2D eigenvalue weighted by Crippen LogP contribution is -2.56. The lowest BCUT2D eigenvalue weighted by Gasteiger charge is -2.52. The normalized spacial score (nSPS) is 22.9. The van der Waals surface area contributed by atoms with Crippen LogP contribution in [0.4, 0.5) is 0 Å². The van der Waals surface area contributed by atoms with Gasteiger partial charge in [0.1, 0.15) is 12.4 Å². The average Bonchev–Trinajstić information content (AvgIpc) is 2.88. The number of halogens is 2. The van der Waals surface area contributed by atoms with E-state index in [-0.39, 0.29) is 23.9 Å². The van der Waals surface area contributed by atoms with Crippen molar-refractivity contribution in [2.75, 3.05) is 6.61 Å². The number of benzene rings is 2. The Morgan fingerprint density at radius 1 is 1.06 bits per heavy atom. The third-order valence-corrected chi connectivity index (χ3v) is 7.82. The number of ether oxygens (including phenoxy) is 1. The third kappa shape index (κ3) is 5.71. The van der Waals surface area contributed by atoms with Crippen molar-refractivity contribution in [3.8, 4) is 5.75 Å². The maximum atomic E-state index is 14.3. The van der Waals surface area contributed by atoms with Gasteiger partial charge in [0.05, 0.1) is 18.3 Å². The van der Waals surface area contributed by atoms with Crippen LogP contribution in [0, 0.1) is 5.41 Å². The first kappa shape index (κ1) is 26.5. The first-order valence-corrected chi connectivity index (χ1v) is 13.5. The van der Waals surface area contributed by atoms with Gasteiger partial charge in [-0.15, -0.1) is 0 Å². The first-order valence-electron chi connectivity index (χ1n) is 12.7. The van der Waals surface area contributed by atoms with Crippen LogP contribution >= 0.6 is 23.2 Å². The SMILES string of the molecule is CCC[C@@]1(C)C[C@H](c2cccc(Cl)c2)C(c2ccc(Cl)cc2)N(C(CC)COc2cccnc2)C1=O. The van der Waals surface area contributed by atoms with Crippen LogP contribution in [0.3, 0.4) is 0 Å². The van der Waals surface area contributed by atoms with Crippen LogP contribution in [0.2, 0.25) is 10.0 Å². The number of carbonyl (C=O) groups excluding carboxylic acids is 1. The summed E-state index contributed by atoms with van der Waals surface area (Å²) in [7, 11) is 0. The molecule has 3 aromatic rings. The predicted octanol–water partition coefficient (Wildman–Crippen LogP) is 8.11. The highest BCUT2D eigenvalue weighted by atomic mass is 35.5. The van der Waals surface area contributed by atoms with E-state index in [4.69, 9.17) is 27.9 Å². The summed E-state index contributed by atoms with van der Waals surface area (Å²) in [6.45, 7) is 6.77. The second-order valence-electron chi connectivity index (χ2n) is 9.95. The Bertz CT molecular complexity index is 1160. The van der Waals surface area contributed by atoms with Crippen molar-refractivity contribution in [1.29, 1.82) is 0 Å². The zero-order valence-corrected chi connectivity index (χ0v) is 22.7. The minimum Gasteiger partial charge on any atom is -0.490 e. The second kappa shape index (κ2) is 11.7. The number of hydrogen-bond acceptors (Lipinski definition) is 3. The monoisotopic (exact) mass is 524 g/mol. The Balaban J connectivity index is 1.81. The van der Waals surface area contributed by atoms with E-state index in [1.54, 1.807) is 12.4 Å². The van der Waals surface area contributed by atoms with Gasteiger partial charge in [-0.05, 0) is 66.8 Å². The molecule has 1 fully saturated rings. The van der Waals surface area contributed by atoms with E-state index in [0.717, 1.165) is 36.8 Å². The Labute approximate surface area is 224 Å². The fourth-order valence-electron chi connectivity index (χ4n) is 5.58. The maximum absolute atomic E-state index is 14.3. The van der Waals surface area contributed by atoms with Gasteiger partial charge < -0.3 is 9.64 Å². The van der Waals surface area contributed by atoms with Crippen LogP contribution in [0.5, 0.6) is 5.75 Å². The van der Waals surface area contributed by atoms with Gasteiger partial charge in [-0.2, -0.15) is 0 Å². The van der Waals surface area contributed by atoms with Crippen molar-refractivity contribution in [2.45, 2.75) is 64.5 Å². The highest BCUT2D eigenvalue weighted by Gasteiger charge is 2.51. The second-order valence-corrected chi connectivity index (χ2v) is 10.8. The molecule has 1 aromatic heterocycles. The number of aromatic nitrogens is 1. The summed E-state index contributed by atoms with van der Waals surface area (Å²) >= 11 is 12.7. The zero-order valence-electron chi connectivity index (χ0n) is 21.2. The molecule has 0 N–H and O–H groups in total. The molecule has 190 valence electrons. The van der Waals surface area contributed by atoms with Crippen LogP contribution in [-0.2, 0) is 4.79 Å². The van der Waals surface area contributed by atoms with Crippen LogP contribution in [0.1, 0.15) is 69.5 Å². The molecule has 1 saturated heterocycles. The third-order valence-electron chi connectivity index (χ3n) is 7.33. The van der Waals surface area contributed by atoms with Crippen molar-refractivity contribution in [3.63, 3.8) is 0 Å². The van der Waals surface area contributed by atoms with Crippen molar-refractivity contribution < 1.29 is 9.53 Å². The molecule has 1 aliphatic rings. The number of hydrogen-bond donors (Lipinski definition) is 0. The van der Waals surface area contributed by atoms with Gasteiger partial charge in [-0.1, -0.05) is 74.7 Å². The molecule has 1 amide bonds. The standard InChI is InChI=1S/C30H34Cl2N2O2/c1-4-15-30(3)18-27(22-8-6-9-24(32)17-22)28(21-11-13-23(31)14-12-21)34(29(30)35)25(5-2)20-36-26-10-7-16-33-19-26/h6-14,16-17,19,25,27-28H,4-5,15,18,20H2,1-3H3/t25?,27-,28?,30+/m1/s1. The molecular formula is C30H34Cl2N2O2. The predicted molar refractivity (Wildman–Crippen MR) is 147 cm³/mol. The molecule has 4 rings (SSSR count). The summed E-state index contributed by atoms with van der Waals surface area (Å²) in [6, 6.07) is 19.4. The van der Waals surface area contributed by atoms with Crippen LogP contribution in [0.25, 0.3) is 0 Å². The number of nitrogens with zero attached hydrogens (tertiary/aromatic N) is 2. The fourth-order valence-corrected chi connectivity index (χ4v) is 5.90. The molecule has 0 aliphatic carbocycles. The van der Waals surface area contributed by atoms with Gasteiger partial charge in [0.15, 0.2) is 0 Å². The Morgan fingerprint density at radius 2 is 1.83 bits per heavy atom. The molecule has 0 spiro atoms. The van der Waals surface area contributed by atoms with Crippen molar-refractivity contribution >= 4 is 29.1 Å². The van der Waals surface area contributed by atoms with Gasteiger partial charge in [0.2, 0.25) is 5.91 Å². The summed E-state index contributed by atoms with van der Waals surface area (Å²) in [5, 5.41) is 1.38. The molecule has 2 unspecified atom stereocenters. The fraction of sp³-hybridized carbons (Fsp3) is 0.400. The van der Waals surface area contributed by atoms with E-state index >= 15 is 0 Å². The van der Waals surface area contributed by atoms with Crippen LogP contribution < -0.4 is 4.74 Å². The van der Waals surface area contributed by atoms with Crippen molar-refractivity contribution in [3.05, 3.63) is 94.2 Å². The highest BCUT2D eigenvalue weighted by Crippen LogP contribution is 2.52. The summed E-state index contributed by atoms with van der Waals surface area (Å²) in [4.78, 5) is 20.6. The Hall–Kier alpha value is -2.56. The van der Waals surface area contributed by atoms with E-state index in [2.05, 4.69) is 36.7 Å². The van der Waals surface area contributed by atoms with Crippen LogP contribution in [-0.4, -0.2) is 28.4 Å². The molecule has 2 heterocycles. The lowest BCUT2D eigenvalue weighted by molar-refractivity contribution is -0.156. The molecule has 36 heavy (non-hydrogen) atoms. The van der Waals surface area contributed by atoms with Crippen molar-refractivity contribution in [1.82, 2.24) is 9.88 Å². The Kier molecular flexibility index (Phi) is 8.58. The van der Waals surface area contributed by atoms with E-state index < -0.39 is 5.41 Å². The minimum atomic E-state index is -0.480. The number of likely N-dealkylation sites (tertiary alicyclic amines) is 1. The first-order chi connectivity index (χ1) is 17.4. The van der Waals surface area contributed by atoms with E-state index in [1.807, 2.05) is 54.6 Å². The number of rotatable bonds is 9. The van der Waals surface area contributed by atoms with Gasteiger partial charge in [-0.25, -0.2) is 0 Å². The van der Waals surface area contributed by atoms with Gasteiger partial charge in [0, 0.05) is 27.6 Å². The molecule has 6 heteroatoms. The average molecular weight is 526 g/mol. The molecule has 4 nitrogen and oxygen atoms in total. The number of amides is 1. The van der Waals surface area contributed by atoms with Gasteiger partial charge in [-0.3, -0.25) is 9.78 Å². The summed E-state index contributed by atoms with van der Waals surface area (Å²) in [5.74, 6) is 0.960. The quantitative estimate of drug-likeness (QED) is 0.283.